The van der Waals surface area contributed by atoms with Crippen molar-refractivity contribution >= 4 is 16.9 Å². The van der Waals surface area contributed by atoms with Gasteiger partial charge < -0.3 is 10.3 Å². The number of nitrogens with two attached hydrogens (primary N) is 1. The molecule has 0 aliphatic carbocycles. The number of carbonyl (C=O) groups is 1. The summed E-state index contributed by atoms with van der Waals surface area (Å²) in [6.45, 7) is 0.171. The lowest BCUT2D eigenvalue weighted by Crippen LogP contribution is -2.20. The van der Waals surface area contributed by atoms with Crippen LogP contribution in [0, 0.1) is 0 Å². The van der Waals surface area contributed by atoms with Crippen molar-refractivity contribution in [2.45, 2.75) is 19.4 Å². The number of amides is 1. The second-order valence-corrected chi connectivity index (χ2v) is 5.05. The number of aromatic nitrogens is 2. The van der Waals surface area contributed by atoms with Gasteiger partial charge in [-0.2, -0.15) is 0 Å². The molecule has 1 aromatic heterocycles. The molecule has 0 aliphatic rings. The minimum absolute atomic E-state index is 0.171. The molecule has 2 aromatic carbocycles. The number of fused-ring (bicyclic) bond motifs is 1. The van der Waals surface area contributed by atoms with Crippen LogP contribution in [0.25, 0.3) is 11.0 Å². The predicted octanol–water partition coefficient (Wildman–Crippen LogP) is 2.31. The Bertz CT molecular complexity index is 762. The first-order valence-corrected chi connectivity index (χ1v) is 7.00. The van der Waals surface area contributed by atoms with Gasteiger partial charge in [-0.3, -0.25) is 4.79 Å². The summed E-state index contributed by atoms with van der Waals surface area (Å²) in [6.07, 6.45) is 1.68. The van der Waals surface area contributed by atoms with Crippen molar-refractivity contribution in [3.8, 4) is 0 Å². The summed E-state index contributed by atoms with van der Waals surface area (Å²) in [7, 11) is 0. The highest BCUT2D eigenvalue weighted by molar-refractivity contribution is 5.80. The zero-order valence-electron chi connectivity index (χ0n) is 11.7. The fraction of sp³-hybridized carbons (Fsp3) is 0.176. The average molecular weight is 279 g/mol. The quantitative estimate of drug-likeness (QED) is 0.779. The van der Waals surface area contributed by atoms with E-state index in [2.05, 4.69) is 17.1 Å². The third kappa shape index (κ3) is 2.94. The first-order chi connectivity index (χ1) is 10.2. The van der Waals surface area contributed by atoms with Crippen molar-refractivity contribution < 1.29 is 4.79 Å². The van der Waals surface area contributed by atoms with Gasteiger partial charge in [-0.05, 0) is 24.1 Å². The second kappa shape index (κ2) is 5.79. The SMILES string of the molecule is NC(=O)Cn1c(CCc2ccccc2)nc2ccccc21. The molecule has 0 spiro atoms. The van der Waals surface area contributed by atoms with Crippen LogP contribution in [0.2, 0.25) is 0 Å². The number of benzene rings is 2. The molecule has 21 heavy (non-hydrogen) atoms. The van der Waals surface area contributed by atoms with E-state index in [1.807, 2.05) is 47.0 Å². The molecule has 0 saturated carbocycles. The highest BCUT2D eigenvalue weighted by Gasteiger charge is 2.11. The smallest absolute Gasteiger partial charge is 0.237 e. The summed E-state index contributed by atoms with van der Waals surface area (Å²) in [5, 5.41) is 0. The Hall–Kier alpha value is -2.62. The molecule has 0 unspecified atom stereocenters. The number of carbonyl (C=O) groups excluding carboxylic acids is 1. The fourth-order valence-electron chi connectivity index (χ4n) is 2.55. The van der Waals surface area contributed by atoms with Crippen molar-refractivity contribution in [3.63, 3.8) is 0 Å². The van der Waals surface area contributed by atoms with Gasteiger partial charge in [-0.15, -0.1) is 0 Å². The van der Waals surface area contributed by atoms with Gasteiger partial charge in [0.1, 0.15) is 12.4 Å². The van der Waals surface area contributed by atoms with Crippen LogP contribution in [0.4, 0.5) is 0 Å². The van der Waals surface area contributed by atoms with Crippen LogP contribution in [0.5, 0.6) is 0 Å². The van der Waals surface area contributed by atoms with Crippen molar-refractivity contribution in [2.24, 2.45) is 5.73 Å². The third-order valence-electron chi connectivity index (χ3n) is 3.53. The van der Waals surface area contributed by atoms with E-state index in [1.54, 1.807) is 0 Å². The van der Waals surface area contributed by atoms with Crippen molar-refractivity contribution in [2.75, 3.05) is 0 Å². The summed E-state index contributed by atoms with van der Waals surface area (Å²) in [4.78, 5) is 15.9. The van der Waals surface area contributed by atoms with Gasteiger partial charge in [0.25, 0.3) is 0 Å². The molecule has 0 radical (unpaired) electrons. The van der Waals surface area contributed by atoms with Crippen molar-refractivity contribution in [1.82, 2.24) is 9.55 Å². The number of hydrogen-bond acceptors (Lipinski definition) is 2. The van der Waals surface area contributed by atoms with Gasteiger partial charge in [0, 0.05) is 6.42 Å². The molecule has 2 N–H and O–H groups in total. The molecule has 0 bridgehead atoms. The summed E-state index contributed by atoms with van der Waals surface area (Å²) < 4.78 is 1.92. The zero-order valence-corrected chi connectivity index (χ0v) is 11.7. The maximum Gasteiger partial charge on any atom is 0.237 e. The lowest BCUT2D eigenvalue weighted by atomic mass is 10.1. The third-order valence-corrected chi connectivity index (χ3v) is 3.53. The van der Waals surface area contributed by atoms with Gasteiger partial charge >= 0.3 is 0 Å². The Kier molecular flexibility index (Phi) is 3.69. The number of imidazole rings is 1. The lowest BCUT2D eigenvalue weighted by molar-refractivity contribution is -0.118. The number of nitrogens with zero attached hydrogens (tertiary/aromatic N) is 2. The first kappa shape index (κ1) is 13.4. The standard InChI is InChI=1S/C17H17N3O/c18-16(21)12-20-15-9-5-4-8-14(15)19-17(20)11-10-13-6-2-1-3-7-13/h1-9H,10-12H2,(H2,18,21). The minimum atomic E-state index is -0.348. The van der Waals surface area contributed by atoms with E-state index < -0.39 is 0 Å². The maximum atomic E-state index is 11.3. The molecule has 3 rings (SSSR count). The minimum Gasteiger partial charge on any atom is -0.368 e. The predicted molar refractivity (Wildman–Crippen MR) is 82.8 cm³/mol. The molecule has 0 aliphatic heterocycles. The van der Waals surface area contributed by atoms with Crippen LogP contribution >= 0.6 is 0 Å². The van der Waals surface area contributed by atoms with Crippen LogP contribution in [0.1, 0.15) is 11.4 Å². The molecule has 0 fully saturated rings. The normalized spacial score (nSPS) is 10.9. The van der Waals surface area contributed by atoms with E-state index in [1.165, 1.54) is 5.56 Å². The number of primary amides is 1. The molecular weight excluding hydrogens is 262 g/mol. The number of rotatable bonds is 5. The van der Waals surface area contributed by atoms with E-state index in [4.69, 9.17) is 5.73 Å². The van der Waals surface area contributed by atoms with Crippen molar-refractivity contribution in [1.29, 1.82) is 0 Å². The maximum absolute atomic E-state index is 11.3. The fourth-order valence-corrected chi connectivity index (χ4v) is 2.55. The van der Waals surface area contributed by atoms with Gasteiger partial charge in [-0.25, -0.2) is 4.98 Å². The van der Waals surface area contributed by atoms with Crippen LogP contribution < -0.4 is 5.73 Å². The summed E-state index contributed by atoms with van der Waals surface area (Å²) >= 11 is 0. The first-order valence-electron chi connectivity index (χ1n) is 7.00. The van der Waals surface area contributed by atoms with Crippen molar-refractivity contribution in [3.05, 3.63) is 66.0 Å². The summed E-state index contributed by atoms with van der Waals surface area (Å²) in [5.74, 6) is 0.554. The van der Waals surface area contributed by atoms with Gasteiger partial charge in [0.05, 0.1) is 11.0 Å². The Labute approximate surface area is 123 Å². The van der Waals surface area contributed by atoms with Gasteiger partial charge in [-0.1, -0.05) is 42.5 Å². The lowest BCUT2D eigenvalue weighted by Gasteiger charge is -2.07. The van der Waals surface area contributed by atoms with E-state index in [9.17, 15) is 4.79 Å². The molecule has 4 heteroatoms. The Morgan fingerprint density at radius 1 is 1.00 bits per heavy atom. The van der Waals surface area contributed by atoms with Crippen LogP contribution in [0.15, 0.2) is 54.6 Å². The molecule has 1 heterocycles. The molecule has 0 atom stereocenters. The van der Waals surface area contributed by atoms with E-state index in [0.717, 1.165) is 29.7 Å². The Morgan fingerprint density at radius 3 is 2.48 bits per heavy atom. The number of hydrogen-bond donors (Lipinski definition) is 1. The molecule has 0 saturated heterocycles. The summed E-state index contributed by atoms with van der Waals surface area (Å²) in [6, 6.07) is 18.1. The van der Waals surface area contributed by atoms with Gasteiger partial charge in [0.2, 0.25) is 5.91 Å². The molecule has 4 nitrogen and oxygen atoms in total. The van der Waals surface area contributed by atoms with E-state index >= 15 is 0 Å². The largest absolute Gasteiger partial charge is 0.368 e. The average Bonchev–Trinajstić information content (AvgIpc) is 2.84. The highest BCUT2D eigenvalue weighted by atomic mass is 16.1. The molecule has 106 valence electrons. The van der Waals surface area contributed by atoms with E-state index in [0.29, 0.717) is 0 Å². The van der Waals surface area contributed by atoms with Crippen LogP contribution in [-0.2, 0) is 24.2 Å². The van der Waals surface area contributed by atoms with E-state index in [-0.39, 0.29) is 12.5 Å². The molecular formula is C17H17N3O. The topological polar surface area (TPSA) is 60.9 Å². The van der Waals surface area contributed by atoms with Crippen LogP contribution in [0.3, 0.4) is 0 Å². The highest BCUT2D eigenvalue weighted by Crippen LogP contribution is 2.17. The monoisotopic (exact) mass is 279 g/mol. The second-order valence-electron chi connectivity index (χ2n) is 5.05. The Morgan fingerprint density at radius 2 is 1.71 bits per heavy atom. The number of aryl methyl sites for hydroxylation is 2. The number of para-hydroxylation sites is 2. The Balaban J connectivity index is 1.91. The molecule has 1 amide bonds. The molecule has 3 aromatic rings. The summed E-state index contributed by atoms with van der Waals surface area (Å²) in [5.41, 5.74) is 8.48. The van der Waals surface area contributed by atoms with Gasteiger partial charge in [0.15, 0.2) is 0 Å². The van der Waals surface area contributed by atoms with Crippen LogP contribution in [-0.4, -0.2) is 15.5 Å². The zero-order chi connectivity index (χ0) is 14.7.